The van der Waals surface area contributed by atoms with E-state index in [1.165, 1.54) is 17.5 Å². The van der Waals surface area contributed by atoms with Crippen molar-refractivity contribution in [2.45, 2.75) is 32.2 Å². The van der Waals surface area contributed by atoms with E-state index >= 15 is 0 Å². The third kappa shape index (κ3) is 1.59. The van der Waals surface area contributed by atoms with Gasteiger partial charge in [0.2, 0.25) is 0 Å². The number of fused-ring (bicyclic) bond motifs is 1. The van der Waals surface area contributed by atoms with Crippen molar-refractivity contribution in [3.8, 4) is 0 Å². The smallest absolute Gasteiger partial charge is 0.0444 e. The van der Waals surface area contributed by atoms with Crippen molar-refractivity contribution in [3.63, 3.8) is 0 Å². The van der Waals surface area contributed by atoms with Crippen molar-refractivity contribution in [1.29, 1.82) is 0 Å². The zero-order valence-corrected chi connectivity index (χ0v) is 8.56. The summed E-state index contributed by atoms with van der Waals surface area (Å²) in [6.45, 7) is 1.99. The van der Waals surface area contributed by atoms with Crippen molar-refractivity contribution >= 4 is 11.6 Å². The van der Waals surface area contributed by atoms with Crippen LogP contribution in [0.15, 0.2) is 12.1 Å². The number of aryl methyl sites for hydroxylation is 1. The molecule has 1 aliphatic carbocycles. The van der Waals surface area contributed by atoms with Crippen LogP contribution in [0.2, 0.25) is 5.02 Å². The van der Waals surface area contributed by atoms with Gasteiger partial charge in [-0.1, -0.05) is 17.7 Å². The Kier molecular flexibility index (Phi) is 2.31. The van der Waals surface area contributed by atoms with Crippen LogP contribution in [0.25, 0.3) is 0 Å². The van der Waals surface area contributed by atoms with Gasteiger partial charge < -0.3 is 5.73 Å². The van der Waals surface area contributed by atoms with Gasteiger partial charge in [-0.3, -0.25) is 0 Å². The Labute approximate surface area is 83.9 Å². The fourth-order valence-electron chi connectivity index (χ4n) is 1.94. The van der Waals surface area contributed by atoms with Gasteiger partial charge in [0.1, 0.15) is 0 Å². The summed E-state index contributed by atoms with van der Waals surface area (Å²) in [5.74, 6) is 0. The first-order valence-corrected chi connectivity index (χ1v) is 5.13. The van der Waals surface area contributed by atoms with E-state index in [2.05, 4.69) is 6.07 Å². The summed E-state index contributed by atoms with van der Waals surface area (Å²) in [4.78, 5) is 0. The lowest BCUT2D eigenvalue weighted by molar-refractivity contribution is 0.815. The maximum Gasteiger partial charge on any atom is 0.0444 e. The van der Waals surface area contributed by atoms with Crippen LogP contribution < -0.4 is 5.73 Å². The summed E-state index contributed by atoms with van der Waals surface area (Å²) in [6.07, 6.45) is 3.53. The van der Waals surface area contributed by atoms with E-state index < -0.39 is 0 Å². The largest absolute Gasteiger partial charge is 0.324 e. The Bertz CT molecular complexity index is 331. The molecule has 1 aliphatic rings. The number of nitrogens with two attached hydrogens (primary N) is 1. The van der Waals surface area contributed by atoms with Crippen LogP contribution in [0.4, 0.5) is 0 Å². The third-order valence-corrected chi connectivity index (χ3v) is 3.05. The molecule has 0 unspecified atom stereocenters. The molecule has 0 aliphatic heterocycles. The molecule has 0 fully saturated rings. The van der Waals surface area contributed by atoms with Gasteiger partial charge in [-0.2, -0.15) is 0 Å². The normalized spacial score (nSPS) is 17.2. The summed E-state index contributed by atoms with van der Waals surface area (Å²) in [5.41, 5.74) is 9.72. The highest BCUT2D eigenvalue weighted by Crippen LogP contribution is 2.31. The van der Waals surface area contributed by atoms with Crippen LogP contribution in [-0.4, -0.2) is 0 Å². The molecule has 0 amide bonds. The fourth-order valence-corrected chi connectivity index (χ4v) is 2.28. The van der Waals surface area contributed by atoms with Gasteiger partial charge in [0.05, 0.1) is 0 Å². The molecule has 0 heterocycles. The third-order valence-electron chi connectivity index (χ3n) is 2.71. The molecule has 2 heteroatoms. The van der Waals surface area contributed by atoms with Gasteiger partial charge >= 0.3 is 0 Å². The zero-order chi connectivity index (χ0) is 9.42. The maximum atomic E-state index is 6.16. The molecule has 1 atom stereocenters. The number of halogens is 1. The van der Waals surface area contributed by atoms with Crippen molar-refractivity contribution in [1.82, 2.24) is 0 Å². The monoisotopic (exact) mass is 195 g/mol. The number of benzene rings is 1. The minimum absolute atomic E-state index is 0.0865. The second-order valence-electron chi connectivity index (χ2n) is 3.78. The maximum absolute atomic E-state index is 6.16. The van der Waals surface area contributed by atoms with Gasteiger partial charge in [-0.25, -0.2) is 0 Å². The van der Waals surface area contributed by atoms with Crippen LogP contribution >= 0.6 is 11.6 Å². The van der Waals surface area contributed by atoms with E-state index in [0.29, 0.717) is 0 Å². The van der Waals surface area contributed by atoms with E-state index in [1.54, 1.807) is 0 Å². The number of hydrogen-bond acceptors (Lipinski definition) is 1. The summed E-state index contributed by atoms with van der Waals surface area (Å²) >= 11 is 6.16. The number of rotatable bonds is 1. The number of hydrogen-bond donors (Lipinski definition) is 1. The first kappa shape index (κ1) is 9.04. The molecule has 0 aromatic heterocycles. The van der Waals surface area contributed by atoms with E-state index in [1.807, 2.05) is 13.0 Å². The average molecular weight is 196 g/mol. The second kappa shape index (κ2) is 3.32. The van der Waals surface area contributed by atoms with Gasteiger partial charge in [0.15, 0.2) is 0 Å². The van der Waals surface area contributed by atoms with Crippen LogP contribution in [0, 0.1) is 0 Å². The van der Waals surface area contributed by atoms with Crippen molar-refractivity contribution in [2.24, 2.45) is 5.73 Å². The Balaban J connectivity index is 2.49. The molecule has 0 saturated carbocycles. The average Bonchev–Trinajstić information content (AvgIpc) is 2.51. The molecule has 0 saturated heterocycles. The van der Waals surface area contributed by atoms with E-state index in [0.717, 1.165) is 23.4 Å². The molecule has 1 aromatic carbocycles. The summed E-state index contributed by atoms with van der Waals surface area (Å²) in [7, 11) is 0. The van der Waals surface area contributed by atoms with Gasteiger partial charge in [0, 0.05) is 11.1 Å². The van der Waals surface area contributed by atoms with Crippen LogP contribution in [0.3, 0.4) is 0 Å². The zero-order valence-electron chi connectivity index (χ0n) is 7.81. The van der Waals surface area contributed by atoms with Crippen molar-refractivity contribution in [3.05, 3.63) is 33.8 Å². The highest BCUT2D eigenvalue weighted by molar-refractivity contribution is 6.31. The first-order valence-electron chi connectivity index (χ1n) is 4.75. The predicted molar refractivity (Wildman–Crippen MR) is 56.1 cm³/mol. The molecule has 0 radical (unpaired) electrons. The predicted octanol–water partition coefficient (Wildman–Crippen LogP) is 2.85. The lowest BCUT2D eigenvalue weighted by atomic mass is 10.0. The molecule has 2 N–H and O–H groups in total. The second-order valence-corrected chi connectivity index (χ2v) is 4.19. The SMILES string of the molecule is C[C@@H](N)c1cc(Cl)c2c(c1)CCC2. The van der Waals surface area contributed by atoms with Crippen molar-refractivity contribution in [2.75, 3.05) is 0 Å². The molecule has 0 spiro atoms. The molecular formula is C11H14ClN. The summed E-state index contributed by atoms with van der Waals surface area (Å²) < 4.78 is 0. The van der Waals surface area contributed by atoms with Crippen LogP contribution in [0.5, 0.6) is 0 Å². The minimum atomic E-state index is 0.0865. The Hall–Kier alpha value is -0.530. The summed E-state index contributed by atoms with van der Waals surface area (Å²) in [5, 5.41) is 0.905. The van der Waals surface area contributed by atoms with Crippen LogP contribution in [0.1, 0.15) is 36.1 Å². The quantitative estimate of drug-likeness (QED) is 0.733. The lowest BCUT2D eigenvalue weighted by Gasteiger charge is -2.09. The van der Waals surface area contributed by atoms with E-state index in [4.69, 9.17) is 17.3 Å². The molecule has 2 rings (SSSR count). The van der Waals surface area contributed by atoms with Crippen molar-refractivity contribution < 1.29 is 0 Å². The minimum Gasteiger partial charge on any atom is -0.324 e. The Morgan fingerprint density at radius 3 is 2.85 bits per heavy atom. The molecule has 1 nitrogen and oxygen atoms in total. The topological polar surface area (TPSA) is 26.0 Å². The highest BCUT2D eigenvalue weighted by atomic mass is 35.5. The first-order chi connectivity index (χ1) is 6.18. The van der Waals surface area contributed by atoms with E-state index in [-0.39, 0.29) is 6.04 Å². The lowest BCUT2D eigenvalue weighted by Crippen LogP contribution is -2.05. The van der Waals surface area contributed by atoms with E-state index in [9.17, 15) is 0 Å². The molecule has 1 aromatic rings. The van der Waals surface area contributed by atoms with Crippen LogP contribution in [-0.2, 0) is 12.8 Å². The van der Waals surface area contributed by atoms with Gasteiger partial charge in [-0.15, -0.1) is 0 Å². The Morgan fingerprint density at radius 2 is 2.15 bits per heavy atom. The summed E-state index contributed by atoms with van der Waals surface area (Å²) in [6, 6.07) is 4.30. The van der Waals surface area contributed by atoms with Gasteiger partial charge in [0.25, 0.3) is 0 Å². The Morgan fingerprint density at radius 1 is 1.38 bits per heavy atom. The molecule has 0 bridgehead atoms. The van der Waals surface area contributed by atoms with Gasteiger partial charge in [-0.05, 0) is 48.9 Å². The molecule has 13 heavy (non-hydrogen) atoms. The highest BCUT2D eigenvalue weighted by Gasteiger charge is 2.15. The molecule has 70 valence electrons. The fraction of sp³-hybridized carbons (Fsp3) is 0.455. The standard InChI is InChI=1S/C11H14ClN/c1-7(13)9-5-8-3-2-4-10(8)11(12)6-9/h5-7H,2-4,13H2,1H3/t7-/m1/s1. The molecular weight excluding hydrogens is 182 g/mol.